The maximum absolute atomic E-state index is 10.6. The van der Waals surface area contributed by atoms with Crippen molar-refractivity contribution in [3.8, 4) is 0 Å². The van der Waals surface area contributed by atoms with Gasteiger partial charge in [0.15, 0.2) is 0 Å². The molecule has 4 heteroatoms. The zero-order valence-electron chi connectivity index (χ0n) is 12.7. The first-order valence-corrected chi connectivity index (χ1v) is 9.34. The first-order valence-electron chi connectivity index (χ1n) is 7.28. The first kappa shape index (κ1) is 15.3. The molecule has 2 aromatic carbocycles. The van der Waals surface area contributed by atoms with Gasteiger partial charge in [0.25, 0.3) is 0 Å². The predicted molar refractivity (Wildman–Crippen MR) is 89.4 cm³/mol. The second-order valence-corrected chi connectivity index (χ2v) is 7.98. The molecule has 0 aliphatic carbocycles. The van der Waals surface area contributed by atoms with Gasteiger partial charge in [-0.2, -0.15) is 0 Å². The quantitative estimate of drug-likeness (QED) is 0.710. The van der Waals surface area contributed by atoms with Crippen LogP contribution in [-0.2, 0) is 0 Å². The molecule has 0 radical (unpaired) electrons. The monoisotopic (exact) mass is 361 g/mol. The van der Waals surface area contributed by atoms with Crippen LogP contribution in [0, 0.1) is 5.41 Å². The van der Waals surface area contributed by atoms with Crippen LogP contribution in [0.5, 0.6) is 0 Å². The molecule has 0 aliphatic rings. The second kappa shape index (κ2) is 6.25. The van der Waals surface area contributed by atoms with Crippen molar-refractivity contribution >= 4 is 30.8 Å². The van der Waals surface area contributed by atoms with E-state index in [1.807, 2.05) is 54.6 Å². The summed E-state index contributed by atoms with van der Waals surface area (Å²) < 4.78 is 5.78. The Kier molecular flexibility index (Phi) is 4.34. The number of para-hydroxylation sites is 2. The topological polar surface area (TPSA) is 46.3 Å². The van der Waals surface area contributed by atoms with Crippen molar-refractivity contribution in [3.05, 3.63) is 60.2 Å². The van der Waals surface area contributed by atoms with Gasteiger partial charge >= 0.3 is 136 Å². The summed E-state index contributed by atoms with van der Waals surface area (Å²) in [5.41, 5.74) is 2.48. The number of nitrogens with zero attached hydrogens (tertiary/aromatic N) is 1. The minimum atomic E-state index is -0.486. The van der Waals surface area contributed by atoms with Crippen LogP contribution in [0.4, 0.5) is 0 Å². The van der Waals surface area contributed by atoms with Crippen LogP contribution in [0.15, 0.2) is 59.0 Å². The summed E-state index contributed by atoms with van der Waals surface area (Å²) in [6, 6.07) is 17.6. The van der Waals surface area contributed by atoms with Gasteiger partial charge in [0.2, 0.25) is 0 Å². The SMILES string of the molecule is CC(C)(C[Se]c1nc2ccccc2o1)C(O)c1ccccc1. The van der Waals surface area contributed by atoms with Crippen LogP contribution in [0.1, 0.15) is 25.5 Å². The van der Waals surface area contributed by atoms with Gasteiger partial charge in [0.05, 0.1) is 0 Å². The Morgan fingerprint density at radius 1 is 1.09 bits per heavy atom. The van der Waals surface area contributed by atoms with Crippen LogP contribution in [0.25, 0.3) is 11.1 Å². The molecule has 1 atom stereocenters. The van der Waals surface area contributed by atoms with Crippen molar-refractivity contribution in [1.82, 2.24) is 4.98 Å². The van der Waals surface area contributed by atoms with Gasteiger partial charge in [-0.3, -0.25) is 0 Å². The number of aliphatic hydroxyl groups is 1. The Balaban J connectivity index is 1.71. The maximum atomic E-state index is 10.6. The molecule has 1 N–H and O–H groups in total. The van der Waals surface area contributed by atoms with E-state index < -0.39 is 6.10 Å². The number of rotatable bonds is 5. The number of fused-ring (bicyclic) bond motifs is 1. The third-order valence-electron chi connectivity index (χ3n) is 3.70. The van der Waals surface area contributed by atoms with E-state index in [9.17, 15) is 5.11 Å². The van der Waals surface area contributed by atoms with E-state index in [1.54, 1.807) is 0 Å². The summed E-state index contributed by atoms with van der Waals surface area (Å²) >= 11 is 0.0955. The van der Waals surface area contributed by atoms with Crippen molar-refractivity contribution in [1.29, 1.82) is 0 Å². The average molecular weight is 360 g/mol. The van der Waals surface area contributed by atoms with Crippen molar-refractivity contribution < 1.29 is 9.52 Å². The molecule has 1 unspecified atom stereocenters. The van der Waals surface area contributed by atoms with Crippen molar-refractivity contribution in [2.75, 3.05) is 0 Å². The van der Waals surface area contributed by atoms with Crippen LogP contribution < -0.4 is 4.79 Å². The average Bonchev–Trinajstić information content (AvgIpc) is 2.96. The minimum absolute atomic E-state index is 0.0955. The molecule has 0 aliphatic heterocycles. The molecule has 3 nitrogen and oxygen atoms in total. The Morgan fingerprint density at radius 3 is 2.50 bits per heavy atom. The number of hydrogen-bond donors (Lipinski definition) is 1. The van der Waals surface area contributed by atoms with E-state index in [2.05, 4.69) is 18.8 Å². The van der Waals surface area contributed by atoms with Crippen LogP contribution in [0.3, 0.4) is 0 Å². The molecular formula is C18H19NO2Se. The van der Waals surface area contributed by atoms with Gasteiger partial charge in [0.1, 0.15) is 0 Å². The molecule has 0 spiro atoms. The molecule has 1 heterocycles. The standard InChI is InChI=1S/C18H19NO2Se/c1-18(2,16(20)13-8-4-3-5-9-13)12-22-17-19-14-10-6-7-11-15(14)21-17/h3-11,16,20H,12H2,1-2H3. The fourth-order valence-corrected chi connectivity index (χ4v) is 4.35. The van der Waals surface area contributed by atoms with E-state index >= 15 is 0 Å². The molecule has 22 heavy (non-hydrogen) atoms. The summed E-state index contributed by atoms with van der Waals surface area (Å²) in [5.74, 6) is 0. The van der Waals surface area contributed by atoms with E-state index in [1.165, 1.54) is 0 Å². The normalized spacial score (nSPS) is 13.4. The predicted octanol–water partition coefficient (Wildman–Crippen LogP) is 3.34. The fraction of sp³-hybridized carbons (Fsp3) is 0.278. The Morgan fingerprint density at radius 2 is 1.77 bits per heavy atom. The van der Waals surface area contributed by atoms with Crippen molar-refractivity contribution in [2.24, 2.45) is 5.41 Å². The van der Waals surface area contributed by atoms with E-state index in [0.717, 1.165) is 26.8 Å². The second-order valence-electron chi connectivity index (χ2n) is 6.04. The Bertz CT molecular complexity index is 719. The van der Waals surface area contributed by atoms with Crippen LogP contribution >= 0.6 is 0 Å². The van der Waals surface area contributed by atoms with Gasteiger partial charge in [-0.15, -0.1) is 0 Å². The van der Waals surface area contributed by atoms with E-state index in [4.69, 9.17) is 4.42 Å². The number of aromatic nitrogens is 1. The summed E-state index contributed by atoms with van der Waals surface area (Å²) in [6.45, 7) is 4.18. The molecule has 1 aromatic heterocycles. The van der Waals surface area contributed by atoms with Crippen LogP contribution in [0.2, 0.25) is 5.32 Å². The van der Waals surface area contributed by atoms with Crippen LogP contribution in [-0.4, -0.2) is 25.0 Å². The number of aliphatic hydroxyl groups excluding tert-OH is 1. The van der Waals surface area contributed by atoms with Gasteiger partial charge in [-0.1, -0.05) is 0 Å². The molecule has 114 valence electrons. The first-order chi connectivity index (χ1) is 10.6. The third-order valence-corrected chi connectivity index (χ3v) is 6.45. The number of oxazole rings is 1. The van der Waals surface area contributed by atoms with Crippen molar-refractivity contribution in [2.45, 2.75) is 25.3 Å². The summed E-state index contributed by atoms with van der Waals surface area (Å²) in [5, 5.41) is 11.5. The molecule has 3 aromatic rings. The van der Waals surface area contributed by atoms with Gasteiger partial charge in [-0.25, -0.2) is 0 Å². The molecule has 0 saturated carbocycles. The zero-order valence-corrected chi connectivity index (χ0v) is 14.4. The molecule has 0 fully saturated rings. The molecule has 0 saturated heterocycles. The van der Waals surface area contributed by atoms with Crippen molar-refractivity contribution in [3.63, 3.8) is 0 Å². The van der Waals surface area contributed by atoms with Gasteiger partial charge < -0.3 is 0 Å². The fourth-order valence-electron chi connectivity index (χ4n) is 2.33. The Labute approximate surface area is 136 Å². The molecule has 0 bridgehead atoms. The zero-order chi connectivity index (χ0) is 15.6. The summed E-state index contributed by atoms with van der Waals surface area (Å²) in [6.07, 6.45) is -0.486. The van der Waals surface area contributed by atoms with Gasteiger partial charge in [-0.05, 0) is 0 Å². The van der Waals surface area contributed by atoms with E-state index in [-0.39, 0.29) is 20.4 Å². The number of benzene rings is 2. The van der Waals surface area contributed by atoms with E-state index in [0.29, 0.717) is 0 Å². The molecule has 0 amide bonds. The molecule has 3 rings (SSSR count). The van der Waals surface area contributed by atoms with Gasteiger partial charge in [0, 0.05) is 0 Å². The summed E-state index contributed by atoms with van der Waals surface area (Å²) in [4.78, 5) is 5.32. The third kappa shape index (κ3) is 3.25. The Hall–Kier alpha value is -1.61. The number of hydrogen-bond acceptors (Lipinski definition) is 3. The molecular weight excluding hydrogens is 341 g/mol. The summed E-state index contributed by atoms with van der Waals surface area (Å²) in [7, 11) is 0.